The average molecular weight is 314 g/mol. The molecule has 1 heterocycles. The van der Waals surface area contributed by atoms with Crippen LogP contribution < -0.4 is 14.8 Å². The van der Waals surface area contributed by atoms with Gasteiger partial charge in [0.25, 0.3) is 5.91 Å². The number of carbonyl (C=O) groups excluding carboxylic acids is 1. The van der Waals surface area contributed by atoms with Crippen molar-refractivity contribution < 1.29 is 17.9 Å². The number of sulfonamides is 1. The number of methoxy groups -OCH3 is 1. The van der Waals surface area contributed by atoms with Crippen LogP contribution in [0.15, 0.2) is 18.2 Å². The third kappa shape index (κ3) is 2.86. The largest absolute Gasteiger partial charge is 0.494 e. The number of benzene rings is 1. The molecule has 1 aromatic carbocycles. The molecule has 1 aromatic heterocycles. The zero-order valence-corrected chi connectivity index (χ0v) is 12.8. The van der Waals surface area contributed by atoms with Crippen molar-refractivity contribution >= 4 is 43.0 Å². The second-order valence-electron chi connectivity index (χ2n) is 4.13. The molecule has 0 radical (unpaired) electrons. The van der Waals surface area contributed by atoms with Crippen LogP contribution in [0.4, 0.5) is 5.69 Å². The Hall–Kier alpha value is -1.80. The fraction of sp³-hybridized carbons (Fsp3) is 0.250. The zero-order chi connectivity index (χ0) is 14.9. The van der Waals surface area contributed by atoms with Crippen molar-refractivity contribution in [3.8, 4) is 5.75 Å². The minimum Gasteiger partial charge on any atom is -0.494 e. The van der Waals surface area contributed by atoms with Gasteiger partial charge in [-0.25, -0.2) is 8.42 Å². The standard InChI is InChI=1S/C12H14N2O4S2/c1-13-12(15)11-10(18-2)8-6-7(14-20(3,16)17)4-5-9(8)19-11/h4-6,14H,1-3H3,(H,13,15). The zero-order valence-electron chi connectivity index (χ0n) is 11.2. The van der Waals surface area contributed by atoms with Crippen LogP contribution in [0.1, 0.15) is 9.67 Å². The molecule has 0 fully saturated rings. The molecule has 0 spiro atoms. The summed E-state index contributed by atoms with van der Waals surface area (Å²) in [7, 11) is -0.325. The number of hydrogen-bond acceptors (Lipinski definition) is 5. The maximum atomic E-state index is 11.8. The van der Waals surface area contributed by atoms with E-state index in [9.17, 15) is 13.2 Å². The van der Waals surface area contributed by atoms with Gasteiger partial charge in [0.15, 0.2) is 0 Å². The Balaban J connectivity index is 2.59. The molecule has 0 atom stereocenters. The highest BCUT2D eigenvalue weighted by Gasteiger charge is 2.18. The lowest BCUT2D eigenvalue weighted by atomic mass is 10.2. The normalized spacial score (nSPS) is 11.3. The van der Waals surface area contributed by atoms with Crippen molar-refractivity contribution in [2.75, 3.05) is 25.1 Å². The van der Waals surface area contributed by atoms with Gasteiger partial charge in [0, 0.05) is 22.8 Å². The highest BCUT2D eigenvalue weighted by atomic mass is 32.2. The molecule has 2 rings (SSSR count). The summed E-state index contributed by atoms with van der Waals surface area (Å²) in [5.74, 6) is 0.210. The van der Waals surface area contributed by atoms with Crippen LogP contribution in [0.5, 0.6) is 5.75 Å². The highest BCUT2D eigenvalue weighted by molar-refractivity contribution is 7.92. The van der Waals surface area contributed by atoms with Gasteiger partial charge in [-0.05, 0) is 18.2 Å². The lowest BCUT2D eigenvalue weighted by Gasteiger charge is -2.05. The van der Waals surface area contributed by atoms with Gasteiger partial charge in [-0.3, -0.25) is 9.52 Å². The van der Waals surface area contributed by atoms with E-state index in [0.717, 1.165) is 11.0 Å². The molecule has 2 N–H and O–H groups in total. The summed E-state index contributed by atoms with van der Waals surface area (Å²) in [6.07, 6.45) is 1.08. The van der Waals surface area contributed by atoms with Crippen LogP contribution >= 0.6 is 11.3 Å². The molecule has 108 valence electrons. The fourth-order valence-electron chi connectivity index (χ4n) is 1.82. The molecule has 0 unspecified atom stereocenters. The second kappa shape index (κ2) is 5.29. The van der Waals surface area contributed by atoms with E-state index in [-0.39, 0.29) is 5.91 Å². The summed E-state index contributed by atoms with van der Waals surface area (Å²) in [6.45, 7) is 0. The molecule has 0 aliphatic heterocycles. The van der Waals surface area contributed by atoms with E-state index in [1.807, 2.05) is 0 Å². The fourth-order valence-corrected chi connectivity index (χ4v) is 3.47. The van der Waals surface area contributed by atoms with Gasteiger partial charge in [0.1, 0.15) is 10.6 Å². The summed E-state index contributed by atoms with van der Waals surface area (Å²) in [5.41, 5.74) is 0.430. The molecule has 0 aliphatic rings. The van der Waals surface area contributed by atoms with E-state index in [1.165, 1.54) is 18.4 Å². The average Bonchev–Trinajstić information content (AvgIpc) is 2.73. The molecular formula is C12H14N2O4S2. The smallest absolute Gasteiger partial charge is 0.264 e. The summed E-state index contributed by atoms with van der Waals surface area (Å²) < 4.78 is 31.0. The van der Waals surface area contributed by atoms with E-state index in [2.05, 4.69) is 10.0 Å². The summed E-state index contributed by atoms with van der Waals surface area (Å²) >= 11 is 1.29. The molecule has 0 saturated heterocycles. The SMILES string of the molecule is CNC(=O)c1sc2ccc(NS(C)(=O)=O)cc2c1OC. The van der Waals surface area contributed by atoms with Gasteiger partial charge >= 0.3 is 0 Å². The van der Waals surface area contributed by atoms with Gasteiger partial charge in [-0.1, -0.05) is 0 Å². The maximum absolute atomic E-state index is 11.8. The first-order valence-corrected chi connectivity index (χ1v) is 8.37. The van der Waals surface area contributed by atoms with Crippen molar-refractivity contribution in [2.24, 2.45) is 0 Å². The van der Waals surface area contributed by atoms with Crippen LogP contribution in [-0.4, -0.2) is 34.7 Å². The Morgan fingerprint density at radius 3 is 2.60 bits per heavy atom. The number of ether oxygens (including phenoxy) is 1. The Labute approximate surface area is 120 Å². The Morgan fingerprint density at radius 1 is 1.35 bits per heavy atom. The Kier molecular flexibility index (Phi) is 3.87. The molecule has 6 nitrogen and oxygen atoms in total. The van der Waals surface area contributed by atoms with Crippen molar-refractivity contribution in [3.05, 3.63) is 23.1 Å². The van der Waals surface area contributed by atoms with Crippen molar-refractivity contribution in [2.45, 2.75) is 0 Å². The summed E-state index contributed by atoms with van der Waals surface area (Å²) in [6, 6.07) is 5.05. The predicted octanol–water partition coefficient (Wildman–Crippen LogP) is 1.64. The van der Waals surface area contributed by atoms with Crippen LogP contribution in [0.3, 0.4) is 0 Å². The topological polar surface area (TPSA) is 84.5 Å². The van der Waals surface area contributed by atoms with Crippen LogP contribution in [0, 0.1) is 0 Å². The third-order valence-corrected chi connectivity index (χ3v) is 4.34. The minimum atomic E-state index is -3.35. The number of fused-ring (bicyclic) bond motifs is 1. The number of thiophene rings is 1. The Bertz CT molecular complexity index is 765. The molecular weight excluding hydrogens is 300 g/mol. The first-order valence-electron chi connectivity index (χ1n) is 5.66. The highest BCUT2D eigenvalue weighted by Crippen LogP contribution is 2.39. The lowest BCUT2D eigenvalue weighted by molar-refractivity contribution is 0.0964. The minimum absolute atomic E-state index is 0.235. The second-order valence-corrected chi connectivity index (χ2v) is 6.93. The molecule has 1 amide bonds. The van der Waals surface area contributed by atoms with Gasteiger partial charge in [0.05, 0.1) is 13.4 Å². The predicted molar refractivity (Wildman–Crippen MR) is 80.2 cm³/mol. The van der Waals surface area contributed by atoms with Crippen molar-refractivity contribution in [1.29, 1.82) is 0 Å². The van der Waals surface area contributed by atoms with Gasteiger partial charge in [-0.2, -0.15) is 0 Å². The molecule has 2 aromatic rings. The van der Waals surface area contributed by atoms with E-state index in [0.29, 0.717) is 21.7 Å². The first kappa shape index (κ1) is 14.6. The first-order chi connectivity index (χ1) is 9.35. The maximum Gasteiger partial charge on any atom is 0.264 e. The van der Waals surface area contributed by atoms with E-state index in [4.69, 9.17) is 4.74 Å². The molecule has 20 heavy (non-hydrogen) atoms. The molecule has 0 aliphatic carbocycles. The van der Waals surface area contributed by atoms with Crippen LogP contribution in [0.25, 0.3) is 10.1 Å². The number of rotatable bonds is 4. The Morgan fingerprint density at radius 2 is 2.05 bits per heavy atom. The van der Waals surface area contributed by atoms with Gasteiger partial charge in [-0.15, -0.1) is 11.3 Å². The quantitative estimate of drug-likeness (QED) is 0.898. The number of anilines is 1. The van der Waals surface area contributed by atoms with Crippen molar-refractivity contribution in [1.82, 2.24) is 5.32 Å². The van der Waals surface area contributed by atoms with Crippen molar-refractivity contribution in [3.63, 3.8) is 0 Å². The van der Waals surface area contributed by atoms with Gasteiger partial charge < -0.3 is 10.1 Å². The third-order valence-electron chi connectivity index (χ3n) is 2.58. The van der Waals surface area contributed by atoms with Gasteiger partial charge in [0.2, 0.25) is 10.0 Å². The van der Waals surface area contributed by atoms with E-state index >= 15 is 0 Å². The molecule has 0 saturated carbocycles. The summed E-state index contributed by atoms with van der Waals surface area (Å²) in [4.78, 5) is 12.2. The number of hydrogen-bond donors (Lipinski definition) is 2. The van der Waals surface area contributed by atoms with Crippen LogP contribution in [0.2, 0.25) is 0 Å². The number of carbonyl (C=O) groups is 1. The summed E-state index contributed by atoms with van der Waals surface area (Å²) in [5, 5.41) is 3.25. The molecule has 0 bridgehead atoms. The molecule has 8 heteroatoms. The number of amides is 1. The monoisotopic (exact) mass is 314 g/mol. The van der Waals surface area contributed by atoms with E-state index in [1.54, 1.807) is 25.2 Å². The van der Waals surface area contributed by atoms with E-state index < -0.39 is 10.0 Å². The number of nitrogens with one attached hydrogen (secondary N) is 2. The van der Waals surface area contributed by atoms with Crippen LogP contribution in [-0.2, 0) is 10.0 Å². The lowest BCUT2D eigenvalue weighted by Crippen LogP contribution is -2.16.